The highest BCUT2D eigenvalue weighted by Gasteiger charge is 2.35. The van der Waals surface area contributed by atoms with Crippen molar-refractivity contribution in [2.24, 2.45) is 5.41 Å². The second kappa shape index (κ2) is 4.12. The maximum atomic E-state index is 12.0. The van der Waals surface area contributed by atoms with E-state index in [1.807, 2.05) is 13.0 Å². The minimum Gasteiger partial charge on any atom is -0.294 e. The van der Waals surface area contributed by atoms with Gasteiger partial charge in [-0.25, -0.2) is 0 Å². The predicted molar refractivity (Wildman–Crippen MR) is 60.2 cm³/mol. The SMILES string of the molecule is CC=CC(=O)C1(C)CCCC(C)=C1C. The molecule has 0 heterocycles. The first kappa shape index (κ1) is 11.2. The zero-order valence-electron chi connectivity index (χ0n) is 9.68. The van der Waals surface area contributed by atoms with Crippen LogP contribution in [0.5, 0.6) is 0 Å². The minimum atomic E-state index is -0.227. The first-order valence-electron chi connectivity index (χ1n) is 5.36. The fraction of sp³-hybridized carbons (Fsp3) is 0.615. The van der Waals surface area contributed by atoms with Crippen LogP contribution in [-0.2, 0) is 4.79 Å². The number of ketones is 1. The van der Waals surface area contributed by atoms with E-state index in [-0.39, 0.29) is 11.2 Å². The first-order valence-corrected chi connectivity index (χ1v) is 5.36. The number of carbonyl (C=O) groups is 1. The maximum absolute atomic E-state index is 12.0. The zero-order valence-corrected chi connectivity index (χ0v) is 9.68. The molecule has 1 heteroatoms. The molecule has 0 radical (unpaired) electrons. The van der Waals surface area contributed by atoms with Crippen molar-refractivity contribution in [3.8, 4) is 0 Å². The van der Waals surface area contributed by atoms with Crippen molar-refractivity contribution in [1.82, 2.24) is 0 Å². The molecular weight excluding hydrogens is 172 g/mol. The molecule has 0 N–H and O–H groups in total. The van der Waals surface area contributed by atoms with E-state index in [0.717, 1.165) is 19.3 Å². The lowest BCUT2D eigenvalue weighted by atomic mass is 9.69. The van der Waals surface area contributed by atoms with Crippen molar-refractivity contribution in [2.75, 3.05) is 0 Å². The number of hydrogen-bond donors (Lipinski definition) is 0. The van der Waals surface area contributed by atoms with Crippen LogP contribution in [0, 0.1) is 5.41 Å². The predicted octanol–water partition coefficient (Wildman–Crippen LogP) is 3.66. The van der Waals surface area contributed by atoms with Gasteiger partial charge in [-0.15, -0.1) is 0 Å². The van der Waals surface area contributed by atoms with Gasteiger partial charge in [-0.2, -0.15) is 0 Å². The number of hydrogen-bond acceptors (Lipinski definition) is 1. The summed E-state index contributed by atoms with van der Waals surface area (Å²) in [6.07, 6.45) is 6.85. The summed E-state index contributed by atoms with van der Waals surface area (Å²) in [5.41, 5.74) is 2.46. The Labute approximate surface area is 86.9 Å². The van der Waals surface area contributed by atoms with E-state index in [9.17, 15) is 4.79 Å². The molecule has 0 bridgehead atoms. The largest absolute Gasteiger partial charge is 0.294 e. The highest BCUT2D eigenvalue weighted by Crippen LogP contribution is 2.41. The number of allylic oxidation sites excluding steroid dienone is 4. The third kappa shape index (κ3) is 1.82. The molecule has 0 saturated carbocycles. The van der Waals surface area contributed by atoms with Gasteiger partial charge in [0.05, 0.1) is 5.41 Å². The van der Waals surface area contributed by atoms with Crippen LogP contribution in [0.25, 0.3) is 0 Å². The third-order valence-corrected chi connectivity index (χ3v) is 3.56. The molecule has 1 atom stereocenters. The summed E-state index contributed by atoms with van der Waals surface area (Å²) >= 11 is 0. The average molecular weight is 192 g/mol. The molecule has 0 aromatic rings. The minimum absolute atomic E-state index is 0.227. The van der Waals surface area contributed by atoms with E-state index in [0.29, 0.717) is 0 Å². The quantitative estimate of drug-likeness (QED) is 0.482. The van der Waals surface area contributed by atoms with Crippen LogP contribution in [-0.4, -0.2) is 5.78 Å². The van der Waals surface area contributed by atoms with Gasteiger partial charge < -0.3 is 0 Å². The van der Waals surface area contributed by atoms with Crippen molar-refractivity contribution >= 4 is 5.78 Å². The van der Waals surface area contributed by atoms with E-state index in [1.54, 1.807) is 6.08 Å². The van der Waals surface area contributed by atoms with Crippen LogP contribution in [0.15, 0.2) is 23.3 Å². The standard InChI is InChI=1S/C13H20O/c1-5-7-12(14)13(4)9-6-8-10(2)11(13)3/h5,7H,6,8-9H2,1-4H3. The Bertz CT molecular complexity index is 296. The van der Waals surface area contributed by atoms with Crippen molar-refractivity contribution in [3.63, 3.8) is 0 Å². The Morgan fingerprint density at radius 1 is 1.43 bits per heavy atom. The smallest absolute Gasteiger partial charge is 0.165 e. The van der Waals surface area contributed by atoms with Gasteiger partial charge in [0.25, 0.3) is 0 Å². The molecule has 14 heavy (non-hydrogen) atoms. The molecule has 1 aliphatic carbocycles. The highest BCUT2D eigenvalue weighted by molar-refractivity contribution is 5.96. The van der Waals surface area contributed by atoms with E-state index < -0.39 is 0 Å². The lowest BCUT2D eigenvalue weighted by Gasteiger charge is -2.33. The van der Waals surface area contributed by atoms with Gasteiger partial charge in [0.2, 0.25) is 0 Å². The normalized spacial score (nSPS) is 28.6. The van der Waals surface area contributed by atoms with Crippen LogP contribution in [0.2, 0.25) is 0 Å². The van der Waals surface area contributed by atoms with Crippen molar-refractivity contribution in [2.45, 2.75) is 47.0 Å². The van der Waals surface area contributed by atoms with Crippen LogP contribution in [0.3, 0.4) is 0 Å². The van der Waals surface area contributed by atoms with E-state index >= 15 is 0 Å². The maximum Gasteiger partial charge on any atom is 0.165 e. The molecule has 0 amide bonds. The molecular formula is C13H20O. The second-order valence-corrected chi connectivity index (χ2v) is 4.46. The molecule has 1 rings (SSSR count). The molecule has 0 aliphatic heterocycles. The fourth-order valence-corrected chi connectivity index (χ4v) is 2.20. The van der Waals surface area contributed by atoms with Gasteiger partial charge in [-0.1, -0.05) is 17.2 Å². The molecule has 0 aromatic carbocycles. The third-order valence-electron chi connectivity index (χ3n) is 3.56. The molecule has 78 valence electrons. The molecule has 0 spiro atoms. The van der Waals surface area contributed by atoms with Crippen LogP contribution in [0.1, 0.15) is 47.0 Å². The Morgan fingerprint density at radius 3 is 2.64 bits per heavy atom. The summed E-state index contributed by atoms with van der Waals surface area (Å²) in [4.78, 5) is 12.0. The average Bonchev–Trinajstić information content (AvgIpc) is 2.14. The highest BCUT2D eigenvalue weighted by atomic mass is 16.1. The summed E-state index contributed by atoms with van der Waals surface area (Å²) < 4.78 is 0. The topological polar surface area (TPSA) is 17.1 Å². The van der Waals surface area contributed by atoms with Crippen molar-refractivity contribution < 1.29 is 4.79 Å². The molecule has 0 fully saturated rings. The Balaban J connectivity index is 3.04. The summed E-state index contributed by atoms with van der Waals surface area (Å²) in [5.74, 6) is 0.261. The van der Waals surface area contributed by atoms with Crippen molar-refractivity contribution in [1.29, 1.82) is 0 Å². The Morgan fingerprint density at radius 2 is 2.07 bits per heavy atom. The lowest BCUT2D eigenvalue weighted by Crippen LogP contribution is -2.30. The van der Waals surface area contributed by atoms with Gasteiger partial charge >= 0.3 is 0 Å². The summed E-state index contributed by atoms with van der Waals surface area (Å²) in [6, 6.07) is 0. The zero-order chi connectivity index (χ0) is 10.8. The molecule has 0 saturated heterocycles. The van der Waals surface area contributed by atoms with Crippen LogP contribution >= 0.6 is 0 Å². The van der Waals surface area contributed by atoms with Gasteiger partial charge in [0.15, 0.2) is 5.78 Å². The van der Waals surface area contributed by atoms with Crippen LogP contribution in [0.4, 0.5) is 0 Å². The Kier molecular flexibility index (Phi) is 3.30. The monoisotopic (exact) mass is 192 g/mol. The summed E-state index contributed by atoms with van der Waals surface area (Å²) in [6.45, 7) is 8.23. The summed E-state index contributed by atoms with van der Waals surface area (Å²) in [5, 5.41) is 0. The molecule has 1 nitrogen and oxygen atoms in total. The van der Waals surface area contributed by atoms with E-state index in [4.69, 9.17) is 0 Å². The first-order chi connectivity index (χ1) is 6.52. The molecule has 0 aromatic heterocycles. The van der Waals surface area contributed by atoms with Crippen molar-refractivity contribution in [3.05, 3.63) is 23.3 Å². The lowest BCUT2D eigenvalue weighted by molar-refractivity contribution is -0.121. The number of rotatable bonds is 2. The fourth-order valence-electron chi connectivity index (χ4n) is 2.20. The molecule has 1 unspecified atom stereocenters. The molecule has 1 aliphatic rings. The number of carbonyl (C=O) groups excluding carboxylic acids is 1. The van der Waals surface area contributed by atoms with E-state index in [2.05, 4.69) is 20.8 Å². The van der Waals surface area contributed by atoms with Gasteiger partial charge in [-0.3, -0.25) is 4.79 Å². The summed E-state index contributed by atoms with van der Waals surface area (Å²) in [7, 11) is 0. The Hall–Kier alpha value is -0.850. The van der Waals surface area contributed by atoms with Gasteiger partial charge in [-0.05, 0) is 53.0 Å². The van der Waals surface area contributed by atoms with Crippen LogP contribution < -0.4 is 0 Å². The van der Waals surface area contributed by atoms with Gasteiger partial charge in [0, 0.05) is 0 Å². The van der Waals surface area contributed by atoms with E-state index in [1.165, 1.54) is 11.1 Å². The second-order valence-electron chi connectivity index (χ2n) is 4.46. The van der Waals surface area contributed by atoms with Gasteiger partial charge in [0.1, 0.15) is 0 Å².